The average molecular weight is 377 g/mol. The van der Waals surface area contributed by atoms with E-state index < -0.39 is 10.1 Å². The zero-order valence-corrected chi connectivity index (χ0v) is 17.9. The van der Waals surface area contributed by atoms with Crippen LogP contribution in [0.15, 0.2) is 0 Å². The average Bonchev–Trinajstić information content (AvgIpc) is 2.59. The number of hydrogen-bond donors (Lipinski definition) is 0. The minimum atomic E-state index is -3.29. The standard InChI is InChI=1S/C21H44O3S/c1-3-5-7-9-11-13-14-16-18-20-24-25(22,23)21-19-17-15-12-10-8-6-4-2/h3-21H2,1-2H3. The molecule has 0 radical (unpaired) electrons. The van der Waals surface area contributed by atoms with Crippen LogP contribution < -0.4 is 0 Å². The monoisotopic (exact) mass is 376 g/mol. The van der Waals surface area contributed by atoms with Gasteiger partial charge < -0.3 is 0 Å². The lowest BCUT2D eigenvalue weighted by atomic mass is 10.1. The molecule has 0 bridgehead atoms. The second kappa shape index (κ2) is 18.7. The van der Waals surface area contributed by atoms with E-state index in [0.29, 0.717) is 6.61 Å². The van der Waals surface area contributed by atoms with E-state index in [1.165, 1.54) is 77.0 Å². The Hall–Kier alpha value is -0.0900. The molecule has 0 aromatic rings. The first kappa shape index (κ1) is 24.9. The Bertz CT molecular complexity index is 352. The molecular weight excluding hydrogens is 332 g/mol. The summed E-state index contributed by atoms with van der Waals surface area (Å²) in [7, 11) is -3.29. The van der Waals surface area contributed by atoms with Crippen molar-refractivity contribution in [3.05, 3.63) is 0 Å². The largest absolute Gasteiger partial charge is 0.270 e. The normalized spacial score (nSPS) is 11.9. The SMILES string of the molecule is CCCCCCCCCCCOS(=O)(=O)CCCCCCCCCC. The molecule has 0 atom stereocenters. The highest BCUT2D eigenvalue weighted by Gasteiger charge is 2.10. The molecule has 25 heavy (non-hydrogen) atoms. The lowest BCUT2D eigenvalue weighted by Gasteiger charge is -2.06. The van der Waals surface area contributed by atoms with E-state index in [2.05, 4.69) is 13.8 Å². The maximum Gasteiger partial charge on any atom is 0.267 e. The molecule has 0 saturated heterocycles. The van der Waals surface area contributed by atoms with Crippen molar-refractivity contribution in [3.63, 3.8) is 0 Å². The topological polar surface area (TPSA) is 43.4 Å². The summed E-state index contributed by atoms with van der Waals surface area (Å²) in [4.78, 5) is 0. The van der Waals surface area contributed by atoms with Crippen molar-refractivity contribution in [2.75, 3.05) is 12.4 Å². The van der Waals surface area contributed by atoms with Crippen molar-refractivity contribution >= 4 is 10.1 Å². The van der Waals surface area contributed by atoms with Gasteiger partial charge in [-0.25, -0.2) is 0 Å². The third-order valence-corrected chi connectivity index (χ3v) is 6.07. The van der Waals surface area contributed by atoms with Gasteiger partial charge in [-0.1, -0.05) is 110 Å². The lowest BCUT2D eigenvalue weighted by molar-refractivity contribution is 0.305. The van der Waals surface area contributed by atoms with Gasteiger partial charge in [0.2, 0.25) is 0 Å². The van der Waals surface area contributed by atoms with E-state index in [1.54, 1.807) is 0 Å². The van der Waals surface area contributed by atoms with Crippen molar-refractivity contribution in [1.29, 1.82) is 0 Å². The first-order chi connectivity index (χ1) is 12.1. The fourth-order valence-corrected chi connectivity index (χ4v) is 4.12. The van der Waals surface area contributed by atoms with Crippen LogP contribution in [0.4, 0.5) is 0 Å². The highest BCUT2D eigenvalue weighted by Crippen LogP contribution is 2.11. The highest BCUT2D eigenvalue weighted by atomic mass is 32.2. The van der Waals surface area contributed by atoms with Crippen molar-refractivity contribution in [1.82, 2.24) is 0 Å². The molecule has 0 spiro atoms. The summed E-state index contributed by atoms with van der Waals surface area (Å²) in [5, 5.41) is 0. The second-order valence-corrected chi connectivity index (χ2v) is 9.15. The highest BCUT2D eigenvalue weighted by molar-refractivity contribution is 7.86. The third kappa shape index (κ3) is 20.1. The van der Waals surface area contributed by atoms with Crippen LogP contribution in [0.3, 0.4) is 0 Å². The quantitative estimate of drug-likeness (QED) is 0.170. The fraction of sp³-hybridized carbons (Fsp3) is 1.00. The molecule has 0 amide bonds. The summed E-state index contributed by atoms with van der Waals surface area (Å²) in [6.07, 6.45) is 20.4. The van der Waals surface area contributed by atoms with Crippen LogP contribution in [-0.4, -0.2) is 20.8 Å². The fourth-order valence-electron chi connectivity index (χ4n) is 3.07. The Morgan fingerprint density at radius 1 is 0.520 bits per heavy atom. The van der Waals surface area contributed by atoms with Gasteiger partial charge >= 0.3 is 0 Å². The molecule has 0 aliphatic heterocycles. The molecule has 0 aromatic carbocycles. The Morgan fingerprint density at radius 3 is 1.32 bits per heavy atom. The Balaban J connectivity index is 3.35. The minimum Gasteiger partial charge on any atom is -0.270 e. The molecule has 0 aromatic heterocycles. The van der Waals surface area contributed by atoms with Crippen molar-refractivity contribution in [2.45, 2.75) is 123 Å². The van der Waals surface area contributed by atoms with Crippen molar-refractivity contribution in [2.24, 2.45) is 0 Å². The van der Waals surface area contributed by atoms with Crippen LogP contribution in [0.25, 0.3) is 0 Å². The molecule has 0 aliphatic rings. The van der Waals surface area contributed by atoms with Crippen LogP contribution in [-0.2, 0) is 14.3 Å². The van der Waals surface area contributed by atoms with E-state index in [-0.39, 0.29) is 5.75 Å². The number of rotatable bonds is 20. The summed E-state index contributed by atoms with van der Waals surface area (Å²) in [5.41, 5.74) is 0. The van der Waals surface area contributed by atoms with Crippen LogP contribution in [0.5, 0.6) is 0 Å². The molecule has 0 saturated carbocycles. The molecule has 0 rings (SSSR count). The third-order valence-electron chi connectivity index (χ3n) is 4.76. The molecule has 0 heterocycles. The van der Waals surface area contributed by atoms with Gasteiger partial charge in [-0.05, 0) is 12.8 Å². The van der Waals surface area contributed by atoms with Gasteiger partial charge in [0.25, 0.3) is 10.1 Å². The zero-order valence-electron chi connectivity index (χ0n) is 17.1. The van der Waals surface area contributed by atoms with Gasteiger partial charge in [-0.15, -0.1) is 0 Å². The van der Waals surface area contributed by atoms with E-state index in [1.807, 2.05) is 0 Å². The van der Waals surface area contributed by atoms with E-state index in [4.69, 9.17) is 4.18 Å². The first-order valence-corrected chi connectivity index (χ1v) is 12.6. The Morgan fingerprint density at radius 2 is 0.880 bits per heavy atom. The Kier molecular flexibility index (Phi) is 18.6. The lowest BCUT2D eigenvalue weighted by Crippen LogP contribution is -2.11. The maximum absolute atomic E-state index is 11.8. The summed E-state index contributed by atoms with van der Waals surface area (Å²) < 4.78 is 28.8. The predicted molar refractivity (Wildman–Crippen MR) is 110 cm³/mol. The van der Waals surface area contributed by atoms with Gasteiger partial charge in [0.05, 0.1) is 12.4 Å². The van der Waals surface area contributed by atoms with Gasteiger partial charge in [-0.2, -0.15) is 8.42 Å². The van der Waals surface area contributed by atoms with E-state index in [0.717, 1.165) is 32.1 Å². The second-order valence-electron chi connectivity index (χ2n) is 7.39. The molecule has 0 fully saturated rings. The predicted octanol–water partition coefficient (Wildman–Crippen LogP) is 7.00. The van der Waals surface area contributed by atoms with E-state index >= 15 is 0 Å². The molecular formula is C21H44O3S. The molecule has 0 N–H and O–H groups in total. The Labute approximate surface area is 158 Å². The first-order valence-electron chi connectivity index (χ1n) is 11.0. The number of unbranched alkanes of at least 4 members (excludes halogenated alkanes) is 15. The smallest absolute Gasteiger partial charge is 0.267 e. The maximum atomic E-state index is 11.8. The molecule has 3 nitrogen and oxygen atoms in total. The molecule has 4 heteroatoms. The summed E-state index contributed by atoms with van der Waals surface area (Å²) >= 11 is 0. The van der Waals surface area contributed by atoms with Crippen LogP contribution in [0.1, 0.15) is 123 Å². The van der Waals surface area contributed by atoms with Crippen molar-refractivity contribution in [3.8, 4) is 0 Å². The molecule has 0 unspecified atom stereocenters. The summed E-state index contributed by atoms with van der Waals surface area (Å²) in [6, 6.07) is 0. The van der Waals surface area contributed by atoms with Crippen molar-refractivity contribution < 1.29 is 12.6 Å². The minimum absolute atomic E-state index is 0.194. The van der Waals surface area contributed by atoms with Gasteiger partial charge in [0.15, 0.2) is 0 Å². The number of hydrogen-bond acceptors (Lipinski definition) is 3. The van der Waals surface area contributed by atoms with Gasteiger partial charge in [-0.3, -0.25) is 4.18 Å². The molecule has 0 aliphatic carbocycles. The summed E-state index contributed by atoms with van der Waals surface area (Å²) in [6.45, 7) is 4.83. The van der Waals surface area contributed by atoms with Crippen LogP contribution in [0.2, 0.25) is 0 Å². The van der Waals surface area contributed by atoms with Crippen LogP contribution >= 0.6 is 0 Å². The van der Waals surface area contributed by atoms with Gasteiger partial charge in [0.1, 0.15) is 0 Å². The summed E-state index contributed by atoms with van der Waals surface area (Å²) in [5.74, 6) is 0.194. The van der Waals surface area contributed by atoms with Crippen LogP contribution in [0, 0.1) is 0 Å². The molecule has 152 valence electrons. The zero-order chi connectivity index (χ0) is 18.6. The van der Waals surface area contributed by atoms with E-state index in [9.17, 15) is 8.42 Å². The van der Waals surface area contributed by atoms with Gasteiger partial charge in [0, 0.05) is 0 Å².